The number of benzene rings is 2. The van der Waals surface area contributed by atoms with Gasteiger partial charge in [-0.3, -0.25) is 0 Å². The fourth-order valence-corrected chi connectivity index (χ4v) is 2.22. The second-order valence-corrected chi connectivity index (χ2v) is 5.67. The van der Waals surface area contributed by atoms with Crippen molar-refractivity contribution in [1.29, 1.82) is 0 Å². The second-order valence-electron chi connectivity index (χ2n) is 5.67. The Labute approximate surface area is 173 Å². The van der Waals surface area contributed by atoms with E-state index in [1.54, 1.807) is 38.1 Å². The number of rotatable bonds is 9. The van der Waals surface area contributed by atoms with Gasteiger partial charge in [-0.25, -0.2) is 9.18 Å². The summed E-state index contributed by atoms with van der Waals surface area (Å²) in [6, 6.07) is 12.8. The predicted molar refractivity (Wildman–Crippen MR) is 110 cm³/mol. The van der Waals surface area contributed by atoms with Crippen molar-refractivity contribution in [3.8, 4) is 11.5 Å². The molecule has 0 amide bonds. The summed E-state index contributed by atoms with van der Waals surface area (Å²) in [5, 5.41) is 17.4. The first-order chi connectivity index (χ1) is 14.5. The van der Waals surface area contributed by atoms with Crippen molar-refractivity contribution in [2.24, 2.45) is 15.9 Å². The van der Waals surface area contributed by atoms with Gasteiger partial charge < -0.3 is 25.1 Å². The van der Waals surface area contributed by atoms with Crippen LogP contribution in [-0.2, 0) is 14.3 Å². The van der Waals surface area contributed by atoms with E-state index in [4.69, 9.17) is 19.9 Å². The summed E-state index contributed by atoms with van der Waals surface area (Å²) in [6.45, 7) is 3.39. The van der Waals surface area contributed by atoms with Gasteiger partial charge in [-0.1, -0.05) is 24.3 Å². The zero-order valence-electron chi connectivity index (χ0n) is 16.5. The van der Waals surface area contributed by atoms with Gasteiger partial charge in [-0.2, -0.15) is 5.10 Å². The van der Waals surface area contributed by atoms with Crippen LogP contribution in [0.15, 0.2) is 70.3 Å². The minimum atomic E-state index is -0.903. The summed E-state index contributed by atoms with van der Waals surface area (Å²) in [5.74, 6) is -2.09. The van der Waals surface area contributed by atoms with E-state index in [0.29, 0.717) is 11.3 Å². The Hall–Kier alpha value is -3.88. The number of hydrogen-bond acceptors (Lipinski definition) is 7. The monoisotopic (exact) mass is 415 g/mol. The van der Waals surface area contributed by atoms with E-state index < -0.39 is 29.1 Å². The number of para-hydroxylation sites is 1. The number of aliphatic hydroxyl groups excluding tert-OH is 1. The Bertz CT molecular complexity index is 958. The number of esters is 1. The summed E-state index contributed by atoms with van der Waals surface area (Å²) < 4.78 is 29.3. The third-order valence-corrected chi connectivity index (χ3v) is 3.53. The van der Waals surface area contributed by atoms with Crippen LogP contribution in [0.1, 0.15) is 19.4 Å². The molecule has 0 saturated heterocycles. The molecule has 0 aliphatic rings. The number of aliphatic hydroxyl groups is 1. The van der Waals surface area contributed by atoms with Gasteiger partial charge in [-0.15, -0.1) is 5.10 Å². The van der Waals surface area contributed by atoms with Gasteiger partial charge in [0.2, 0.25) is 0 Å². The lowest BCUT2D eigenvalue weighted by Gasteiger charge is -2.08. The predicted octanol–water partition coefficient (Wildman–Crippen LogP) is 3.68. The molecule has 2 aromatic rings. The van der Waals surface area contributed by atoms with Crippen molar-refractivity contribution in [1.82, 2.24) is 0 Å². The normalized spacial score (nSPS) is 12.4. The minimum absolute atomic E-state index is 0.00296. The van der Waals surface area contributed by atoms with Crippen LogP contribution < -0.4 is 10.5 Å². The lowest BCUT2D eigenvalue weighted by Crippen LogP contribution is -2.25. The molecule has 0 spiro atoms. The second kappa shape index (κ2) is 11.2. The van der Waals surface area contributed by atoms with E-state index >= 15 is 0 Å². The third-order valence-electron chi connectivity index (χ3n) is 3.53. The average Bonchev–Trinajstić information content (AvgIpc) is 2.72. The number of carbonyl (C=O) groups is 1. The Morgan fingerprint density at radius 1 is 1.13 bits per heavy atom. The van der Waals surface area contributed by atoms with Gasteiger partial charge in [-0.05, 0) is 43.7 Å². The maximum Gasteiger partial charge on any atom is 0.349 e. The topological polar surface area (TPSA) is 116 Å². The molecule has 0 unspecified atom stereocenters. The van der Waals surface area contributed by atoms with E-state index in [1.807, 2.05) is 6.07 Å². The van der Waals surface area contributed by atoms with Crippen LogP contribution in [0.2, 0.25) is 0 Å². The summed E-state index contributed by atoms with van der Waals surface area (Å²) >= 11 is 0. The van der Waals surface area contributed by atoms with Gasteiger partial charge in [0, 0.05) is 0 Å². The minimum Gasteiger partial charge on any atom is -0.480 e. The van der Waals surface area contributed by atoms with Crippen molar-refractivity contribution in [3.63, 3.8) is 0 Å². The zero-order chi connectivity index (χ0) is 21.9. The first-order valence-electron chi connectivity index (χ1n) is 9.08. The smallest absolute Gasteiger partial charge is 0.349 e. The molecule has 9 heteroatoms. The maximum absolute atomic E-state index is 14.0. The van der Waals surface area contributed by atoms with Gasteiger partial charge in [0.05, 0.1) is 19.4 Å². The molecule has 0 bridgehead atoms. The van der Waals surface area contributed by atoms with Crippen molar-refractivity contribution in [2.75, 3.05) is 13.2 Å². The molecular weight excluding hydrogens is 393 g/mol. The molecule has 0 aliphatic heterocycles. The molecule has 0 atom stereocenters. The number of nitrogens with two attached hydrogens (primary N) is 1. The van der Waals surface area contributed by atoms with Gasteiger partial charge >= 0.3 is 5.97 Å². The van der Waals surface area contributed by atoms with Crippen LogP contribution in [0.3, 0.4) is 0 Å². The van der Waals surface area contributed by atoms with Gasteiger partial charge in [0.25, 0.3) is 5.95 Å². The lowest BCUT2D eigenvalue weighted by atomic mass is 10.2. The summed E-state index contributed by atoms with van der Waals surface area (Å²) in [6.07, 6.45) is 1.28. The number of nitrogens with zero attached hydrogens (tertiary/aromatic N) is 2. The molecule has 2 aromatic carbocycles. The Kier molecular flexibility index (Phi) is 8.37. The molecule has 0 saturated carbocycles. The van der Waals surface area contributed by atoms with Crippen molar-refractivity contribution in [3.05, 3.63) is 71.4 Å². The highest BCUT2D eigenvalue weighted by Gasteiger charge is 2.22. The average molecular weight is 415 g/mol. The first kappa shape index (κ1) is 22.4. The van der Waals surface area contributed by atoms with Crippen LogP contribution in [0, 0.1) is 5.82 Å². The van der Waals surface area contributed by atoms with E-state index in [9.17, 15) is 14.3 Å². The summed E-state index contributed by atoms with van der Waals surface area (Å²) in [5.41, 5.74) is 5.78. The Balaban J connectivity index is 2.23. The highest BCUT2D eigenvalue weighted by molar-refractivity contribution is 6.18. The highest BCUT2D eigenvalue weighted by atomic mass is 19.1. The number of ether oxygens (including phenoxy) is 3. The highest BCUT2D eigenvalue weighted by Crippen LogP contribution is 2.24. The molecule has 158 valence electrons. The van der Waals surface area contributed by atoms with Crippen LogP contribution >= 0.6 is 0 Å². The Morgan fingerprint density at radius 3 is 2.50 bits per heavy atom. The third kappa shape index (κ3) is 6.33. The van der Waals surface area contributed by atoms with E-state index in [-0.39, 0.29) is 19.0 Å². The van der Waals surface area contributed by atoms with Crippen molar-refractivity contribution >= 4 is 18.0 Å². The van der Waals surface area contributed by atoms with E-state index in [0.717, 1.165) is 0 Å². The van der Waals surface area contributed by atoms with Crippen molar-refractivity contribution < 1.29 is 28.5 Å². The zero-order valence-corrected chi connectivity index (χ0v) is 16.5. The number of amidine groups is 1. The molecular formula is C21H22FN3O5. The molecule has 0 radical (unpaired) electrons. The largest absolute Gasteiger partial charge is 0.480 e. The summed E-state index contributed by atoms with van der Waals surface area (Å²) in [4.78, 5) is 12.0. The molecule has 0 heterocycles. The van der Waals surface area contributed by atoms with Crippen LogP contribution in [0.25, 0.3) is 0 Å². The molecule has 0 fully saturated rings. The Morgan fingerprint density at radius 2 is 1.83 bits per heavy atom. The van der Waals surface area contributed by atoms with Gasteiger partial charge in [0.1, 0.15) is 5.75 Å². The molecule has 30 heavy (non-hydrogen) atoms. The molecule has 8 nitrogen and oxygen atoms in total. The molecule has 0 aromatic heterocycles. The maximum atomic E-state index is 14.0. The molecule has 2 rings (SSSR count). The SMILES string of the molecule is CCOC(=O)C(C(N)=N/N=C/c1ccc(F)c(Oc2ccccc2)c1)=C(O)OCC. The quantitative estimate of drug-likeness (QED) is 0.161. The van der Waals surface area contributed by atoms with E-state index in [2.05, 4.69) is 10.2 Å². The number of hydrogen-bond donors (Lipinski definition) is 2. The van der Waals surface area contributed by atoms with Crippen molar-refractivity contribution in [2.45, 2.75) is 13.8 Å². The van der Waals surface area contributed by atoms with Crippen LogP contribution in [0.5, 0.6) is 11.5 Å². The molecule has 0 aliphatic carbocycles. The standard InChI is InChI=1S/C21H22FN3O5/c1-3-28-20(26)18(21(27)29-4-2)19(23)25-24-13-14-10-11-16(22)17(12-14)30-15-8-6-5-7-9-15/h5-13,26H,3-4H2,1-2H3,(H2,23,25)/b20-18?,24-13+. The fraction of sp³-hybridized carbons (Fsp3) is 0.190. The van der Waals surface area contributed by atoms with Gasteiger partial charge in [0.15, 0.2) is 23.0 Å². The summed E-state index contributed by atoms with van der Waals surface area (Å²) in [7, 11) is 0. The number of halogens is 1. The van der Waals surface area contributed by atoms with E-state index in [1.165, 1.54) is 24.4 Å². The lowest BCUT2D eigenvalue weighted by molar-refractivity contribution is -0.138. The number of carbonyl (C=O) groups excluding carboxylic acids is 1. The van der Waals surface area contributed by atoms with Crippen LogP contribution in [-0.4, -0.2) is 36.3 Å². The fourth-order valence-electron chi connectivity index (χ4n) is 2.22. The first-order valence-corrected chi connectivity index (χ1v) is 9.08. The van der Waals surface area contributed by atoms with Crippen LogP contribution in [0.4, 0.5) is 4.39 Å². The molecule has 3 N–H and O–H groups in total.